The summed E-state index contributed by atoms with van der Waals surface area (Å²) in [7, 11) is 0. The molecule has 0 radical (unpaired) electrons. The zero-order chi connectivity index (χ0) is 12.5. The smallest absolute Gasteiger partial charge is 0.303 e. The van der Waals surface area contributed by atoms with Gasteiger partial charge in [0.1, 0.15) is 0 Å². The minimum Gasteiger partial charge on any atom is -0.481 e. The zero-order valence-corrected chi connectivity index (χ0v) is 9.69. The van der Waals surface area contributed by atoms with Crippen molar-refractivity contribution < 1.29 is 14.7 Å². The zero-order valence-electron chi connectivity index (χ0n) is 9.69. The third kappa shape index (κ3) is 6.35. The summed E-state index contributed by atoms with van der Waals surface area (Å²) in [5.74, 6) is -0.813. The highest BCUT2D eigenvalue weighted by molar-refractivity contribution is 5.78. The highest BCUT2D eigenvalue weighted by atomic mass is 16.4. The first kappa shape index (κ1) is 13.2. The van der Waals surface area contributed by atoms with E-state index >= 15 is 0 Å². The molecule has 0 heterocycles. The number of hydrogen-bond donors (Lipinski definition) is 2. The Morgan fingerprint density at radius 2 is 1.82 bits per heavy atom. The first-order valence-electron chi connectivity index (χ1n) is 5.71. The van der Waals surface area contributed by atoms with Gasteiger partial charge >= 0.3 is 5.97 Å². The van der Waals surface area contributed by atoms with Crippen molar-refractivity contribution in [2.24, 2.45) is 0 Å². The molecule has 92 valence electrons. The molecule has 0 fully saturated rings. The fourth-order valence-corrected chi connectivity index (χ4v) is 1.47. The van der Waals surface area contributed by atoms with Crippen molar-refractivity contribution in [2.75, 3.05) is 6.54 Å². The number of carboxylic acids is 1. The predicted molar refractivity (Wildman–Crippen MR) is 64.6 cm³/mol. The Balaban J connectivity index is 2.12. The third-order valence-electron chi connectivity index (χ3n) is 2.35. The molecular formula is C13H17NO3. The second kappa shape index (κ2) is 7.44. The van der Waals surface area contributed by atoms with Crippen molar-refractivity contribution in [2.45, 2.75) is 25.7 Å². The van der Waals surface area contributed by atoms with E-state index in [1.165, 1.54) is 0 Å². The monoisotopic (exact) mass is 235 g/mol. The van der Waals surface area contributed by atoms with Gasteiger partial charge in [-0.15, -0.1) is 0 Å². The van der Waals surface area contributed by atoms with Gasteiger partial charge in [0, 0.05) is 13.0 Å². The molecule has 0 aliphatic rings. The van der Waals surface area contributed by atoms with E-state index in [2.05, 4.69) is 5.32 Å². The average molecular weight is 235 g/mol. The molecule has 0 saturated heterocycles. The van der Waals surface area contributed by atoms with Crippen LogP contribution in [0.5, 0.6) is 0 Å². The van der Waals surface area contributed by atoms with Gasteiger partial charge in [0.2, 0.25) is 5.91 Å². The Morgan fingerprint density at radius 3 is 2.47 bits per heavy atom. The number of hydrogen-bond acceptors (Lipinski definition) is 2. The molecule has 2 N–H and O–H groups in total. The molecule has 0 aromatic heterocycles. The summed E-state index contributed by atoms with van der Waals surface area (Å²) in [6.07, 6.45) is 1.84. The number of nitrogens with one attached hydrogen (secondary N) is 1. The standard InChI is InChI=1S/C13H17NO3/c15-12(10-11-6-2-1-3-7-11)14-9-5-4-8-13(16)17/h1-3,6-7H,4-5,8-10H2,(H,14,15)(H,16,17). The van der Waals surface area contributed by atoms with Crippen LogP contribution in [0.1, 0.15) is 24.8 Å². The van der Waals surface area contributed by atoms with E-state index in [4.69, 9.17) is 5.11 Å². The van der Waals surface area contributed by atoms with Crippen LogP contribution in [0.15, 0.2) is 30.3 Å². The second-order valence-corrected chi connectivity index (χ2v) is 3.86. The normalized spacial score (nSPS) is 9.88. The number of aliphatic carboxylic acids is 1. The number of rotatable bonds is 7. The lowest BCUT2D eigenvalue weighted by Crippen LogP contribution is -2.26. The van der Waals surface area contributed by atoms with Crippen LogP contribution in [-0.4, -0.2) is 23.5 Å². The van der Waals surface area contributed by atoms with E-state index in [1.807, 2.05) is 30.3 Å². The van der Waals surface area contributed by atoms with E-state index in [1.54, 1.807) is 0 Å². The van der Waals surface area contributed by atoms with Gasteiger partial charge in [0.15, 0.2) is 0 Å². The van der Waals surface area contributed by atoms with Gasteiger partial charge in [-0.3, -0.25) is 9.59 Å². The molecule has 0 saturated carbocycles. The number of carbonyl (C=O) groups excluding carboxylic acids is 1. The molecule has 0 aliphatic carbocycles. The highest BCUT2D eigenvalue weighted by Crippen LogP contribution is 1.99. The second-order valence-electron chi connectivity index (χ2n) is 3.86. The topological polar surface area (TPSA) is 66.4 Å². The molecule has 1 aromatic carbocycles. The van der Waals surface area contributed by atoms with Crippen molar-refractivity contribution in [3.05, 3.63) is 35.9 Å². The van der Waals surface area contributed by atoms with Crippen molar-refractivity contribution >= 4 is 11.9 Å². The molecule has 0 spiro atoms. The third-order valence-corrected chi connectivity index (χ3v) is 2.35. The first-order chi connectivity index (χ1) is 8.18. The summed E-state index contributed by atoms with van der Waals surface area (Å²) in [5, 5.41) is 11.2. The lowest BCUT2D eigenvalue weighted by Gasteiger charge is -2.04. The van der Waals surface area contributed by atoms with Gasteiger partial charge in [-0.2, -0.15) is 0 Å². The van der Waals surface area contributed by atoms with Crippen LogP contribution < -0.4 is 5.32 Å². The summed E-state index contributed by atoms with van der Waals surface area (Å²) < 4.78 is 0. The molecule has 0 aliphatic heterocycles. The molecule has 17 heavy (non-hydrogen) atoms. The Bertz CT molecular complexity index is 362. The molecule has 1 aromatic rings. The van der Waals surface area contributed by atoms with Crippen LogP contribution in [0, 0.1) is 0 Å². The number of carbonyl (C=O) groups is 2. The van der Waals surface area contributed by atoms with Gasteiger partial charge in [0.25, 0.3) is 0 Å². The maximum Gasteiger partial charge on any atom is 0.303 e. The van der Waals surface area contributed by atoms with Crippen LogP contribution in [0.4, 0.5) is 0 Å². The molecule has 4 nitrogen and oxygen atoms in total. The maximum absolute atomic E-state index is 11.5. The molecule has 1 rings (SSSR count). The number of amides is 1. The number of unbranched alkanes of at least 4 members (excludes halogenated alkanes) is 1. The van der Waals surface area contributed by atoms with Gasteiger partial charge in [-0.1, -0.05) is 30.3 Å². The largest absolute Gasteiger partial charge is 0.481 e. The first-order valence-corrected chi connectivity index (χ1v) is 5.71. The number of benzene rings is 1. The Morgan fingerprint density at radius 1 is 1.12 bits per heavy atom. The van der Waals surface area contributed by atoms with Gasteiger partial charge in [-0.25, -0.2) is 0 Å². The average Bonchev–Trinajstić information content (AvgIpc) is 2.29. The van der Waals surface area contributed by atoms with Crippen molar-refractivity contribution in [3.8, 4) is 0 Å². The molecule has 0 bridgehead atoms. The summed E-state index contributed by atoms with van der Waals surface area (Å²) in [6, 6.07) is 9.52. The van der Waals surface area contributed by atoms with Crippen LogP contribution in [0.2, 0.25) is 0 Å². The van der Waals surface area contributed by atoms with Crippen molar-refractivity contribution in [1.82, 2.24) is 5.32 Å². The minimum absolute atomic E-state index is 0.0217. The fraction of sp³-hybridized carbons (Fsp3) is 0.385. The minimum atomic E-state index is -0.791. The molecule has 0 atom stereocenters. The summed E-state index contributed by atoms with van der Waals surface area (Å²) in [6.45, 7) is 0.541. The van der Waals surface area contributed by atoms with Crippen molar-refractivity contribution in [3.63, 3.8) is 0 Å². The van der Waals surface area contributed by atoms with Crippen LogP contribution in [-0.2, 0) is 16.0 Å². The molecule has 4 heteroatoms. The van der Waals surface area contributed by atoms with E-state index < -0.39 is 5.97 Å². The van der Waals surface area contributed by atoms with Crippen LogP contribution in [0.25, 0.3) is 0 Å². The summed E-state index contributed by atoms with van der Waals surface area (Å²) in [5.41, 5.74) is 0.982. The van der Waals surface area contributed by atoms with Crippen LogP contribution in [0.3, 0.4) is 0 Å². The Labute approximate surface area is 101 Å². The Hall–Kier alpha value is -1.84. The van der Waals surface area contributed by atoms with Gasteiger partial charge in [0.05, 0.1) is 6.42 Å². The van der Waals surface area contributed by atoms with E-state index in [0.717, 1.165) is 5.56 Å². The molecule has 1 amide bonds. The predicted octanol–water partition coefficient (Wildman–Crippen LogP) is 1.60. The summed E-state index contributed by atoms with van der Waals surface area (Å²) in [4.78, 5) is 21.7. The highest BCUT2D eigenvalue weighted by Gasteiger charge is 2.02. The summed E-state index contributed by atoms with van der Waals surface area (Å²) >= 11 is 0. The Kier molecular flexibility index (Phi) is 5.79. The maximum atomic E-state index is 11.5. The van der Waals surface area contributed by atoms with E-state index in [9.17, 15) is 9.59 Å². The van der Waals surface area contributed by atoms with E-state index in [-0.39, 0.29) is 12.3 Å². The van der Waals surface area contributed by atoms with E-state index in [0.29, 0.717) is 25.8 Å². The van der Waals surface area contributed by atoms with Crippen molar-refractivity contribution in [1.29, 1.82) is 0 Å². The number of carboxylic acid groups (broad SMARTS) is 1. The fourth-order valence-electron chi connectivity index (χ4n) is 1.47. The van der Waals surface area contributed by atoms with Gasteiger partial charge < -0.3 is 10.4 Å². The molecule has 0 unspecified atom stereocenters. The molecular weight excluding hydrogens is 218 g/mol. The van der Waals surface area contributed by atoms with Crippen LogP contribution >= 0.6 is 0 Å². The quantitative estimate of drug-likeness (QED) is 0.705. The SMILES string of the molecule is O=C(O)CCCCNC(=O)Cc1ccccc1. The lowest BCUT2D eigenvalue weighted by molar-refractivity contribution is -0.137. The lowest BCUT2D eigenvalue weighted by atomic mass is 10.1. The van der Waals surface area contributed by atoms with Gasteiger partial charge in [-0.05, 0) is 18.4 Å².